The van der Waals surface area contributed by atoms with Gasteiger partial charge in [-0.15, -0.1) is 0 Å². The van der Waals surface area contributed by atoms with Gasteiger partial charge in [0.2, 0.25) is 0 Å². The van der Waals surface area contributed by atoms with E-state index in [0.29, 0.717) is 30.5 Å². The normalized spacial score (nSPS) is 19.7. The Kier molecular flexibility index (Phi) is 6.31. The van der Waals surface area contributed by atoms with Crippen LogP contribution in [0.3, 0.4) is 0 Å². The van der Waals surface area contributed by atoms with Crippen molar-refractivity contribution in [2.45, 2.75) is 38.1 Å². The van der Waals surface area contributed by atoms with Gasteiger partial charge in [0.15, 0.2) is 11.6 Å². The first-order valence-electron chi connectivity index (χ1n) is 11.8. The SMILES string of the molecule is COc1ccc(C(=O)N2CCC(c3nc4ccccc4n3CC3CCCOC3)CC2)cc1F. The smallest absolute Gasteiger partial charge is 0.253 e. The fourth-order valence-electron chi connectivity index (χ4n) is 5.13. The molecule has 0 bridgehead atoms. The number of carbonyl (C=O) groups excluding carboxylic acids is 1. The van der Waals surface area contributed by atoms with E-state index < -0.39 is 5.82 Å². The Morgan fingerprint density at radius 3 is 2.73 bits per heavy atom. The second kappa shape index (κ2) is 9.51. The molecular formula is C26H30FN3O3. The van der Waals surface area contributed by atoms with E-state index in [0.717, 1.165) is 50.4 Å². The number of halogens is 1. The maximum Gasteiger partial charge on any atom is 0.253 e. The molecule has 0 saturated carbocycles. The van der Waals surface area contributed by atoms with Crippen molar-refractivity contribution in [3.8, 4) is 5.75 Å². The number of imidazole rings is 1. The second-order valence-corrected chi connectivity index (χ2v) is 9.07. The standard InChI is InChI=1S/C26H30FN3O3/c1-32-24-9-8-20(15-21(24)27)26(31)29-12-10-19(11-13-29)25-28-22-6-2-3-7-23(22)30(25)16-18-5-4-14-33-17-18/h2-3,6-9,15,18-19H,4-5,10-14,16-17H2,1H3. The van der Waals surface area contributed by atoms with Crippen LogP contribution in [0, 0.1) is 11.7 Å². The summed E-state index contributed by atoms with van der Waals surface area (Å²) in [5, 5.41) is 0. The summed E-state index contributed by atoms with van der Waals surface area (Å²) in [5.74, 6) is 1.40. The van der Waals surface area contributed by atoms with E-state index in [4.69, 9.17) is 14.5 Å². The molecule has 5 rings (SSSR count). The van der Waals surface area contributed by atoms with E-state index in [2.05, 4.69) is 22.8 Å². The quantitative estimate of drug-likeness (QED) is 0.568. The van der Waals surface area contributed by atoms with Crippen LogP contribution in [-0.2, 0) is 11.3 Å². The predicted octanol–water partition coefficient (Wildman–Crippen LogP) is 4.63. The van der Waals surface area contributed by atoms with Crippen molar-refractivity contribution < 1.29 is 18.7 Å². The third-order valence-corrected chi connectivity index (χ3v) is 6.93. The molecule has 2 aliphatic heterocycles. The lowest BCUT2D eigenvalue weighted by Gasteiger charge is -2.32. The maximum atomic E-state index is 14.1. The minimum Gasteiger partial charge on any atom is -0.494 e. The predicted molar refractivity (Wildman–Crippen MR) is 124 cm³/mol. The third kappa shape index (κ3) is 4.47. The third-order valence-electron chi connectivity index (χ3n) is 6.93. The van der Waals surface area contributed by atoms with Gasteiger partial charge >= 0.3 is 0 Å². The largest absolute Gasteiger partial charge is 0.494 e. The van der Waals surface area contributed by atoms with Gasteiger partial charge in [-0.25, -0.2) is 9.37 Å². The molecule has 0 radical (unpaired) electrons. The molecule has 0 N–H and O–H groups in total. The maximum absolute atomic E-state index is 14.1. The van der Waals surface area contributed by atoms with Crippen LogP contribution in [0.5, 0.6) is 5.75 Å². The van der Waals surface area contributed by atoms with Crippen molar-refractivity contribution >= 4 is 16.9 Å². The van der Waals surface area contributed by atoms with Gasteiger partial charge in [0, 0.05) is 43.6 Å². The number of hydrogen-bond acceptors (Lipinski definition) is 4. The van der Waals surface area contributed by atoms with Crippen LogP contribution in [0.4, 0.5) is 4.39 Å². The van der Waals surface area contributed by atoms with Crippen LogP contribution in [0.25, 0.3) is 11.0 Å². The zero-order valence-corrected chi connectivity index (χ0v) is 19.0. The molecule has 2 fully saturated rings. The lowest BCUT2D eigenvalue weighted by Crippen LogP contribution is -2.38. The Morgan fingerprint density at radius 1 is 1.18 bits per heavy atom. The summed E-state index contributed by atoms with van der Waals surface area (Å²) in [6.07, 6.45) is 3.97. The molecule has 174 valence electrons. The summed E-state index contributed by atoms with van der Waals surface area (Å²) in [5.41, 5.74) is 2.55. The fraction of sp³-hybridized carbons (Fsp3) is 0.462. The molecule has 3 heterocycles. The molecular weight excluding hydrogens is 421 g/mol. The molecule has 6 nitrogen and oxygen atoms in total. The number of aromatic nitrogens is 2. The van der Waals surface area contributed by atoms with E-state index in [1.165, 1.54) is 31.2 Å². The van der Waals surface area contributed by atoms with E-state index in [9.17, 15) is 9.18 Å². The number of amides is 1. The monoisotopic (exact) mass is 451 g/mol. The zero-order chi connectivity index (χ0) is 22.8. The number of piperidine rings is 1. The van der Waals surface area contributed by atoms with Gasteiger partial charge in [0.25, 0.3) is 5.91 Å². The van der Waals surface area contributed by atoms with Crippen molar-refractivity contribution in [3.63, 3.8) is 0 Å². The average molecular weight is 452 g/mol. The number of benzene rings is 2. The van der Waals surface area contributed by atoms with Crippen molar-refractivity contribution in [2.75, 3.05) is 33.4 Å². The van der Waals surface area contributed by atoms with Crippen LogP contribution in [0.15, 0.2) is 42.5 Å². The molecule has 2 aromatic carbocycles. The fourth-order valence-corrected chi connectivity index (χ4v) is 5.13. The van der Waals surface area contributed by atoms with E-state index >= 15 is 0 Å². The van der Waals surface area contributed by atoms with Crippen molar-refractivity contribution in [3.05, 3.63) is 59.7 Å². The molecule has 1 atom stereocenters. The highest BCUT2D eigenvalue weighted by Crippen LogP contribution is 2.32. The molecule has 2 aliphatic rings. The lowest BCUT2D eigenvalue weighted by atomic mass is 9.94. The zero-order valence-electron chi connectivity index (χ0n) is 19.0. The number of para-hydroxylation sites is 2. The van der Waals surface area contributed by atoms with Crippen LogP contribution < -0.4 is 4.74 Å². The summed E-state index contributed by atoms with van der Waals surface area (Å²) in [7, 11) is 1.42. The highest BCUT2D eigenvalue weighted by molar-refractivity contribution is 5.94. The average Bonchev–Trinajstić information content (AvgIpc) is 3.22. The molecule has 33 heavy (non-hydrogen) atoms. The van der Waals surface area contributed by atoms with Gasteiger partial charge in [-0.1, -0.05) is 12.1 Å². The first kappa shape index (κ1) is 21.9. The van der Waals surface area contributed by atoms with Crippen molar-refractivity contribution in [1.29, 1.82) is 0 Å². The molecule has 0 aliphatic carbocycles. The van der Waals surface area contributed by atoms with Gasteiger partial charge in [0.1, 0.15) is 5.82 Å². The van der Waals surface area contributed by atoms with Crippen molar-refractivity contribution in [1.82, 2.24) is 14.5 Å². The molecule has 1 aromatic heterocycles. The van der Waals surface area contributed by atoms with E-state index in [-0.39, 0.29) is 11.7 Å². The highest BCUT2D eigenvalue weighted by atomic mass is 19.1. The number of nitrogens with zero attached hydrogens (tertiary/aromatic N) is 3. The number of hydrogen-bond donors (Lipinski definition) is 0. The second-order valence-electron chi connectivity index (χ2n) is 9.07. The number of methoxy groups -OCH3 is 1. The molecule has 7 heteroatoms. The molecule has 3 aromatic rings. The van der Waals surface area contributed by atoms with Gasteiger partial charge in [-0.05, 0) is 56.0 Å². The topological polar surface area (TPSA) is 56.6 Å². The van der Waals surface area contributed by atoms with Gasteiger partial charge in [-0.3, -0.25) is 4.79 Å². The Hall–Kier alpha value is -2.93. The number of rotatable bonds is 5. The molecule has 1 amide bonds. The van der Waals surface area contributed by atoms with Gasteiger partial charge in [0.05, 0.1) is 24.8 Å². The number of likely N-dealkylation sites (tertiary alicyclic amines) is 1. The van der Waals surface area contributed by atoms with E-state index in [1.54, 1.807) is 6.07 Å². The first-order valence-corrected chi connectivity index (χ1v) is 11.8. The summed E-state index contributed by atoms with van der Waals surface area (Å²) in [6.45, 7) is 3.84. The summed E-state index contributed by atoms with van der Waals surface area (Å²) in [6, 6.07) is 12.7. The minimum atomic E-state index is -0.515. The minimum absolute atomic E-state index is 0.136. The summed E-state index contributed by atoms with van der Waals surface area (Å²) >= 11 is 0. The summed E-state index contributed by atoms with van der Waals surface area (Å²) in [4.78, 5) is 19.8. The van der Waals surface area contributed by atoms with Gasteiger partial charge in [-0.2, -0.15) is 0 Å². The molecule has 2 saturated heterocycles. The Labute approximate surface area is 193 Å². The number of ether oxygens (including phenoxy) is 2. The first-order chi connectivity index (χ1) is 16.1. The Bertz CT molecular complexity index is 1130. The molecule has 1 unspecified atom stereocenters. The molecule has 0 spiro atoms. The van der Waals surface area contributed by atoms with E-state index in [1.807, 2.05) is 11.0 Å². The van der Waals surface area contributed by atoms with Crippen LogP contribution >= 0.6 is 0 Å². The van der Waals surface area contributed by atoms with Crippen molar-refractivity contribution in [2.24, 2.45) is 5.92 Å². The summed E-state index contributed by atoms with van der Waals surface area (Å²) < 4.78 is 27.2. The van der Waals surface area contributed by atoms with Crippen LogP contribution in [-0.4, -0.2) is 53.8 Å². The van der Waals surface area contributed by atoms with Crippen LogP contribution in [0.1, 0.15) is 47.8 Å². The van der Waals surface area contributed by atoms with Gasteiger partial charge < -0.3 is 18.9 Å². The Morgan fingerprint density at radius 2 is 2.00 bits per heavy atom. The van der Waals surface area contributed by atoms with Crippen LogP contribution in [0.2, 0.25) is 0 Å². The number of carbonyl (C=O) groups is 1. The highest BCUT2D eigenvalue weighted by Gasteiger charge is 2.29. The number of fused-ring (bicyclic) bond motifs is 1. The Balaban J connectivity index is 1.32. The lowest BCUT2D eigenvalue weighted by molar-refractivity contribution is 0.0481.